The van der Waals surface area contributed by atoms with Crippen LogP contribution in [0.2, 0.25) is 5.02 Å². The summed E-state index contributed by atoms with van der Waals surface area (Å²) in [6.45, 7) is -0.314. The largest absolute Gasteiger partial charge is 0.484 e. The first kappa shape index (κ1) is 18.6. The number of carbonyl (C=O) groups is 1. The number of carbonyl (C=O) groups excluding carboxylic acids is 1. The molecule has 0 saturated carbocycles. The number of hydrogen-bond acceptors (Lipinski definition) is 2. The Morgan fingerprint density at radius 1 is 1.08 bits per heavy atom. The van der Waals surface area contributed by atoms with Gasteiger partial charge >= 0.3 is 6.18 Å². The summed E-state index contributed by atoms with van der Waals surface area (Å²) in [5.41, 5.74) is 1.53. The molecular weight excluding hydrogens is 367 g/mol. The Balaban J connectivity index is 1.63. The van der Waals surface area contributed by atoms with Crippen molar-refractivity contribution >= 4 is 23.2 Å². The van der Waals surface area contributed by atoms with Gasteiger partial charge in [0.15, 0.2) is 6.61 Å². The number of benzene rings is 2. The molecule has 0 spiro atoms. The molecule has 2 aromatic carbocycles. The van der Waals surface area contributed by atoms with Crippen molar-refractivity contribution in [1.29, 1.82) is 0 Å². The van der Waals surface area contributed by atoms with Crippen molar-refractivity contribution in [3.05, 3.63) is 58.1 Å². The van der Waals surface area contributed by atoms with Crippen LogP contribution in [0.3, 0.4) is 0 Å². The van der Waals surface area contributed by atoms with Crippen LogP contribution in [0.1, 0.15) is 29.5 Å². The van der Waals surface area contributed by atoms with Crippen LogP contribution in [-0.4, -0.2) is 12.5 Å². The van der Waals surface area contributed by atoms with Crippen molar-refractivity contribution in [3.63, 3.8) is 0 Å². The van der Waals surface area contributed by atoms with Crippen molar-refractivity contribution in [1.82, 2.24) is 0 Å². The van der Waals surface area contributed by atoms with E-state index >= 15 is 0 Å². The van der Waals surface area contributed by atoms with E-state index in [0.29, 0.717) is 5.75 Å². The van der Waals surface area contributed by atoms with Gasteiger partial charge in [0.25, 0.3) is 5.91 Å². The third-order valence-corrected chi connectivity index (χ3v) is 4.59. The van der Waals surface area contributed by atoms with Gasteiger partial charge in [-0.25, -0.2) is 0 Å². The molecule has 0 atom stereocenters. The highest BCUT2D eigenvalue weighted by Gasteiger charge is 2.31. The number of nitrogens with one attached hydrogen (secondary N) is 1. The van der Waals surface area contributed by atoms with Crippen LogP contribution in [-0.2, 0) is 23.8 Å². The minimum absolute atomic E-state index is 0.0279. The van der Waals surface area contributed by atoms with Gasteiger partial charge in [-0.1, -0.05) is 17.7 Å². The second-order valence-corrected chi connectivity index (χ2v) is 6.57. The zero-order chi connectivity index (χ0) is 18.7. The van der Waals surface area contributed by atoms with Gasteiger partial charge in [0, 0.05) is 0 Å². The first-order valence-corrected chi connectivity index (χ1v) is 8.62. The zero-order valence-corrected chi connectivity index (χ0v) is 14.6. The first-order valence-electron chi connectivity index (χ1n) is 8.24. The topological polar surface area (TPSA) is 38.3 Å². The highest BCUT2D eigenvalue weighted by Crippen LogP contribution is 2.33. The van der Waals surface area contributed by atoms with Crippen molar-refractivity contribution in [2.75, 3.05) is 11.9 Å². The minimum atomic E-state index is -4.51. The first-order chi connectivity index (χ1) is 12.3. The zero-order valence-electron chi connectivity index (χ0n) is 13.8. The summed E-state index contributed by atoms with van der Waals surface area (Å²) >= 11 is 5.86. The highest BCUT2D eigenvalue weighted by atomic mass is 35.5. The van der Waals surface area contributed by atoms with Gasteiger partial charge in [0.05, 0.1) is 16.3 Å². The van der Waals surface area contributed by atoms with Gasteiger partial charge in [0.1, 0.15) is 5.75 Å². The van der Waals surface area contributed by atoms with E-state index in [9.17, 15) is 18.0 Å². The van der Waals surface area contributed by atoms with Crippen molar-refractivity contribution in [2.45, 2.75) is 31.9 Å². The lowest BCUT2D eigenvalue weighted by molar-refractivity contribution is -0.137. The summed E-state index contributed by atoms with van der Waals surface area (Å²) in [7, 11) is 0. The molecule has 0 aliphatic heterocycles. The Morgan fingerprint density at radius 2 is 1.81 bits per heavy atom. The summed E-state index contributed by atoms with van der Waals surface area (Å²) in [4.78, 5) is 12.0. The Hall–Kier alpha value is -2.21. The number of anilines is 1. The maximum absolute atomic E-state index is 12.8. The average Bonchev–Trinajstić information content (AvgIpc) is 2.60. The number of fused-ring (bicyclic) bond motifs is 1. The van der Waals surface area contributed by atoms with Crippen molar-refractivity contribution in [3.8, 4) is 5.75 Å². The van der Waals surface area contributed by atoms with Gasteiger partial charge in [-0.15, -0.1) is 0 Å². The molecular formula is C19H17ClF3NO2. The van der Waals surface area contributed by atoms with E-state index in [-0.39, 0.29) is 17.3 Å². The van der Waals surface area contributed by atoms with Crippen LogP contribution in [0.15, 0.2) is 36.4 Å². The maximum Gasteiger partial charge on any atom is 0.416 e. The Labute approximate surface area is 154 Å². The standard InChI is InChI=1S/C19H17ClF3NO2/c20-16-8-6-14(19(21,22)23)10-17(16)24-18(25)11-26-15-7-5-12-3-1-2-4-13(12)9-15/h5-10H,1-4,11H2,(H,24,25). The summed E-state index contributed by atoms with van der Waals surface area (Å²) in [5.74, 6) is -0.0140. The number of hydrogen-bond donors (Lipinski definition) is 1. The van der Waals surface area contributed by atoms with Crippen LogP contribution in [0.5, 0.6) is 5.75 Å². The van der Waals surface area contributed by atoms with Crippen molar-refractivity contribution in [2.24, 2.45) is 0 Å². The number of rotatable bonds is 4. The molecule has 26 heavy (non-hydrogen) atoms. The van der Waals surface area contributed by atoms with E-state index in [1.165, 1.54) is 17.5 Å². The lowest BCUT2D eigenvalue weighted by Crippen LogP contribution is -2.21. The molecule has 0 saturated heterocycles. The summed E-state index contributed by atoms with van der Waals surface area (Å²) < 4.78 is 43.8. The van der Waals surface area contributed by atoms with Crippen LogP contribution in [0, 0.1) is 0 Å². The van der Waals surface area contributed by atoms with E-state index in [0.717, 1.165) is 37.5 Å². The number of aryl methyl sites for hydroxylation is 2. The molecule has 0 bridgehead atoms. The fourth-order valence-electron chi connectivity index (χ4n) is 2.93. The molecule has 138 valence electrons. The van der Waals surface area contributed by atoms with Crippen LogP contribution in [0.4, 0.5) is 18.9 Å². The molecule has 7 heteroatoms. The number of alkyl halides is 3. The fraction of sp³-hybridized carbons (Fsp3) is 0.316. The van der Waals surface area contributed by atoms with Gasteiger partial charge in [0.2, 0.25) is 0 Å². The second-order valence-electron chi connectivity index (χ2n) is 6.17. The van der Waals surface area contributed by atoms with Crippen LogP contribution in [0.25, 0.3) is 0 Å². The molecule has 0 fully saturated rings. The molecule has 0 unspecified atom stereocenters. The molecule has 0 heterocycles. The van der Waals surface area contributed by atoms with Gasteiger partial charge in [-0.3, -0.25) is 4.79 Å². The van der Waals surface area contributed by atoms with E-state index < -0.39 is 17.6 Å². The number of amides is 1. The summed E-state index contributed by atoms with van der Waals surface area (Å²) in [5, 5.41) is 2.39. The second kappa shape index (κ2) is 7.58. The third-order valence-electron chi connectivity index (χ3n) is 4.26. The Kier molecular flexibility index (Phi) is 5.41. The third kappa shape index (κ3) is 4.49. The van der Waals surface area contributed by atoms with E-state index in [4.69, 9.17) is 16.3 Å². The highest BCUT2D eigenvalue weighted by molar-refractivity contribution is 6.33. The van der Waals surface area contributed by atoms with Gasteiger partial charge < -0.3 is 10.1 Å². The smallest absolute Gasteiger partial charge is 0.416 e. The molecule has 1 aliphatic rings. The van der Waals surface area contributed by atoms with Crippen molar-refractivity contribution < 1.29 is 22.7 Å². The summed E-state index contributed by atoms with van der Waals surface area (Å²) in [6.07, 6.45) is -0.176. The molecule has 2 aromatic rings. The fourth-order valence-corrected chi connectivity index (χ4v) is 3.10. The maximum atomic E-state index is 12.8. The molecule has 3 rings (SSSR count). The minimum Gasteiger partial charge on any atom is -0.484 e. The lowest BCUT2D eigenvalue weighted by Gasteiger charge is -2.17. The molecule has 0 radical (unpaired) electrons. The monoisotopic (exact) mass is 383 g/mol. The molecule has 1 aliphatic carbocycles. The quantitative estimate of drug-likeness (QED) is 0.782. The van der Waals surface area contributed by atoms with E-state index in [1.807, 2.05) is 12.1 Å². The van der Waals surface area contributed by atoms with Gasteiger partial charge in [-0.2, -0.15) is 13.2 Å². The Morgan fingerprint density at radius 3 is 2.54 bits per heavy atom. The normalized spacial score (nSPS) is 13.8. The predicted octanol–water partition coefficient (Wildman–Crippen LogP) is 5.26. The molecule has 3 nitrogen and oxygen atoms in total. The lowest BCUT2D eigenvalue weighted by atomic mass is 9.92. The van der Waals surface area contributed by atoms with E-state index in [2.05, 4.69) is 5.32 Å². The number of ether oxygens (including phenoxy) is 1. The van der Waals surface area contributed by atoms with Crippen LogP contribution < -0.4 is 10.1 Å². The number of halogens is 4. The summed E-state index contributed by atoms with van der Waals surface area (Å²) in [6, 6.07) is 8.48. The van der Waals surface area contributed by atoms with E-state index in [1.54, 1.807) is 6.07 Å². The molecule has 1 amide bonds. The van der Waals surface area contributed by atoms with Crippen LogP contribution >= 0.6 is 11.6 Å². The molecule has 1 N–H and O–H groups in total. The SMILES string of the molecule is O=C(COc1ccc2c(c1)CCCC2)Nc1cc(C(F)(F)F)ccc1Cl. The van der Waals surface area contributed by atoms with Gasteiger partial charge in [-0.05, 0) is 67.1 Å². The predicted molar refractivity (Wildman–Crippen MR) is 93.7 cm³/mol. The Bertz CT molecular complexity index is 821. The molecule has 0 aromatic heterocycles. The average molecular weight is 384 g/mol.